The summed E-state index contributed by atoms with van der Waals surface area (Å²) in [4.78, 5) is 12.6. The Hall–Kier alpha value is -1.31. The van der Waals surface area contributed by atoms with Gasteiger partial charge in [-0.25, -0.2) is 17.9 Å². The van der Waals surface area contributed by atoms with Gasteiger partial charge in [-0.3, -0.25) is 0 Å². The van der Waals surface area contributed by atoms with Gasteiger partial charge in [-0.15, -0.1) is 0 Å². The summed E-state index contributed by atoms with van der Waals surface area (Å²) in [7, 11) is -3.48. The molecular formula is C12H15ClN2O4S. The van der Waals surface area contributed by atoms with Gasteiger partial charge in [-0.2, -0.15) is 0 Å². The lowest BCUT2D eigenvalue weighted by molar-refractivity contribution is 0.159. The van der Waals surface area contributed by atoms with E-state index in [4.69, 9.17) is 16.3 Å². The lowest BCUT2D eigenvalue weighted by atomic mass is 10.2. The van der Waals surface area contributed by atoms with E-state index < -0.39 is 16.1 Å². The van der Waals surface area contributed by atoms with Crippen molar-refractivity contribution in [1.82, 2.24) is 9.62 Å². The van der Waals surface area contributed by atoms with Crippen molar-refractivity contribution < 1.29 is 17.9 Å². The zero-order chi connectivity index (χ0) is 14.6. The molecule has 8 heteroatoms. The Morgan fingerprint density at radius 3 is 2.75 bits per heavy atom. The highest BCUT2D eigenvalue weighted by atomic mass is 35.5. The maximum atomic E-state index is 11.9. The zero-order valence-electron chi connectivity index (χ0n) is 10.7. The van der Waals surface area contributed by atoms with Crippen molar-refractivity contribution in [2.24, 2.45) is 0 Å². The normalized spacial score (nSPS) is 15.4. The van der Waals surface area contributed by atoms with Gasteiger partial charge in [-0.05, 0) is 11.6 Å². The number of amides is 1. The SMILES string of the molecule is O=C1OCCN1CCNS(=O)(=O)Cc1ccccc1Cl. The third-order valence-electron chi connectivity index (χ3n) is 2.85. The van der Waals surface area contributed by atoms with Crippen LogP contribution in [0, 0.1) is 0 Å². The van der Waals surface area contributed by atoms with Crippen LogP contribution in [-0.2, 0) is 20.5 Å². The molecule has 2 rings (SSSR count). The van der Waals surface area contributed by atoms with E-state index in [-0.39, 0.29) is 12.3 Å². The minimum Gasteiger partial charge on any atom is -0.448 e. The number of carbonyl (C=O) groups excluding carboxylic acids is 1. The lowest BCUT2D eigenvalue weighted by Gasteiger charge is -2.13. The van der Waals surface area contributed by atoms with Crippen LogP contribution in [0.1, 0.15) is 5.56 Å². The molecule has 1 amide bonds. The number of nitrogens with zero attached hydrogens (tertiary/aromatic N) is 1. The molecular weight excluding hydrogens is 304 g/mol. The first-order valence-electron chi connectivity index (χ1n) is 6.10. The van der Waals surface area contributed by atoms with Crippen LogP contribution >= 0.6 is 11.6 Å². The van der Waals surface area contributed by atoms with Crippen molar-refractivity contribution in [2.75, 3.05) is 26.2 Å². The maximum Gasteiger partial charge on any atom is 0.409 e. The first kappa shape index (κ1) is 15.1. The third kappa shape index (κ3) is 4.09. The first-order chi connectivity index (χ1) is 9.48. The Morgan fingerprint density at radius 1 is 1.35 bits per heavy atom. The van der Waals surface area contributed by atoms with Crippen LogP contribution in [0.2, 0.25) is 5.02 Å². The molecule has 1 aromatic carbocycles. The molecule has 0 aliphatic carbocycles. The molecule has 1 fully saturated rings. The second kappa shape index (κ2) is 6.43. The molecule has 0 aromatic heterocycles. The van der Waals surface area contributed by atoms with Crippen molar-refractivity contribution in [3.8, 4) is 0 Å². The Kier molecular flexibility index (Phi) is 4.85. The molecule has 1 aliphatic rings. The zero-order valence-corrected chi connectivity index (χ0v) is 12.3. The average Bonchev–Trinajstić information content (AvgIpc) is 2.78. The van der Waals surface area contributed by atoms with Gasteiger partial charge in [0.15, 0.2) is 0 Å². The molecule has 20 heavy (non-hydrogen) atoms. The first-order valence-corrected chi connectivity index (χ1v) is 8.13. The molecule has 0 bridgehead atoms. The summed E-state index contributed by atoms with van der Waals surface area (Å²) in [6.45, 7) is 1.29. The van der Waals surface area contributed by atoms with Crippen LogP contribution in [0.25, 0.3) is 0 Å². The molecule has 0 unspecified atom stereocenters. The van der Waals surface area contributed by atoms with E-state index in [0.29, 0.717) is 30.3 Å². The molecule has 1 aromatic rings. The van der Waals surface area contributed by atoms with Gasteiger partial charge in [0, 0.05) is 18.1 Å². The predicted molar refractivity (Wildman–Crippen MR) is 75.0 cm³/mol. The number of halogens is 1. The lowest BCUT2D eigenvalue weighted by Crippen LogP contribution is -2.35. The number of cyclic esters (lactones) is 1. The maximum absolute atomic E-state index is 11.9. The van der Waals surface area contributed by atoms with Crippen LogP contribution in [0.3, 0.4) is 0 Å². The monoisotopic (exact) mass is 318 g/mol. The minimum atomic E-state index is -3.48. The van der Waals surface area contributed by atoms with Gasteiger partial charge in [0.2, 0.25) is 10.0 Å². The summed E-state index contributed by atoms with van der Waals surface area (Å²) in [5.41, 5.74) is 0.544. The summed E-state index contributed by atoms with van der Waals surface area (Å²) in [5.74, 6) is -0.183. The second-order valence-electron chi connectivity index (χ2n) is 4.35. The Balaban J connectivity index is 1.85. The summed E-state index contributed by atoms with van der Waals surface area (Å²) in [6.07, 6.45) is -0.407. The fourth-order valence-corrected chi connectivity index (χ4v) is 3.28. The Morgan fingerprint density at radius 2 is 2.10 bits per heavy atom. The second-order valence-corrected chi connectivity index (χ2v) is 6.56. The van der Waals surface area contributed by atoms with Crippen molar-refractivity contribution in [3.05, 3.63) is 34.9 Å². The number of sulfonamides is 1. The van der Waals surface area contributed by atoms with E-state index in [0.717, 1.165) is 0 Å². The minimum absolute atomic E-state index is 0.155. The number of nitrogens with one attached hydrogen (secondary N) is 1. The molecule has 0 radical (unpaired) electrons. The fraction of sp³-hybridized carbons (Fsp3) is 0.417. The topological polar surface area (TPSA) is 75.7 Å². The Labute approximate surface area is 122 Å². The molecule has 0 saturated carbocycles. The quantitative estimate of drug-likeness (QED) is 0.855. The number of benzene rings is 1. The molecule has 0 atom stereocenters. The summed E-state index contributed by atoms with van der Waals surface area (Å²) in [6, 6.07) is 6.79. The fourth-order valence-electron chi connectivity index (χ4n) is 1.84. The Bertz CT molecular complexity index is 591. The molecule has 1 N–H and O–H groups in total. The van der Waals surface area contributed by atoms with Crippen molar-refractivity contribution >= 4 is 27.7 Å². The largest absolute Gasteiger partial charge is 0.448 e. The van der Waals surface area contributed by atoms with E-state index in [1.807, 2.05) is 0 Å². The molecule has 110 valence electrons. The summed E-state index contributed by atoms with van der Waals surface area (Å²) in [5, 5.41) is 0.418. The van der Waals surface area contributed by atoms with Crippen LogP contribution in [0.15, 0.2) is 24.3 Å². The van der Waals surface area contributed by atoms with Gasteiger partial charge in [0.25, 0.3) is 0 Å². The van der Waals surface area contributed by atoms with E-state index in [9.17, 15) is 13.2 Å². The van der Waals surface area contributed by atoms with E-state index in [2.05, 4.69) is 4.72 Å². The van der Waals surface area contributed by atoms with Crippen LogP contribution in [0.5, 0.6) is 0 Å². The van der Waals surface area contributed by atoms with E-state index in [1.54, 1.807) is 24.3 Å². The van der Waals surface area contributed by atoms with E-state index >= 15 is 0 Å². The number of ether oxygens (including phenoxy) is 1. The summed E-state index contributed by atoms with van der Waals surface area (Å²) < 4.78 is 31.0. The molecule has 1 aliphatic heterocycles. The van der Waals surface area contributed by atoms with Crippen molar-refractivity contribution in [2.45, 2.75) is 5.75 Å². The summed E-state index contributed by atoms with van der Waals surface area (Å²) >= 11 is 5.93. The highest BCUT2D eigenvalue weighted by molar-refractivity contribution is 7.88. The van der Waals surface area contributed by atoms with Crippen molar-refractivity contribution in [1.29, 1.82) is 0 Å². The van der Waals surface area contributed by atoms with Crippen LogP contribution < -0.4 is 4.72 Å². The predicted octanol–water partition coefficient (Wildman–Crippen LogP) is 1.21. The van der Waals surface area contributed by atoms with Crippen LogP contribution in [-0.4, -0.2) is 45.7 Å². The number of rotatable bonds is 6. The highest BCUT2D eigenvalue weighted by Gasteiger charge is 2.22. The molecule has 1 heterocycles. The number of hydrogen-bond donors (Lipinski definition) is 1. The average molecular weight is 319 g/mol. The van der Waals surface area contributed by atoms with E-state index in [1.165, 1.54) is 4.90 Å². The number of carbonyl (C=O) groups is 1. The van der Waals surface area contributed by atoms with Gasteiger partial charge in [0.1, 0.15) is 6.61 Å². The third-order valence-corrected chi connectivity index (χ3v) is 4.56. The van der Waals surface area contributed by atoms with Crippen LogP contribution in [0.4, 0.5) is 4.79 Å². The van der Waals surface area contributed by atoms with Gasteiger partial charge >= 0.3 is 6.09 Å². The standard InChI is InChI=1S/C12H15ClN2O4S/c13-11-4-2-1-3-10(11)9-20(17,18)14-5-6-15-7-8-19-12(15)16/h1-4,14H,5-9H2. The van der Waals surface area contributed by atoms with Crippen molar-refractivity contribution in [3.63, 3.8) is 0 Å². The highest BCUT2D eigenvalue weighted by Crippen LogP contribution is 2.17. The van der Waals surface area contributed by atoms with Gasteiger partial charge in [-0.1, -0.05) is 29.8 Å². The molecule has 1 saturated heterocycles. The molecule has 6 nitrogen and oxygen atoms in total. The molecule has 0 spiro atoms. The smallest absolute Gasteiger partial charge is 0.409 e. The number of hydrogen-bond acceptors (Lipinski definition) is 4. The van der Waals surface area contributed by atoms with Gasteiger partial charge in [0.05, 0.1) is 12.3 Å². The van der Waals surface area contributed by atoms with Gasteiger partial charge < -0.3 is 9.64 Å².